The number of nitrogens with one attached hydrogen (secondary N) is 1. The van der Waals surface area contributed by atoms with Gasteiger partial charge >= 0.3 is 0 Å². The fourth-order valence-electron chi connectivity index (χ4n) is 4.11. The van der Waals surface area contributed by atoms with Crippen molar-refractivity contribution in [1.82, 2.24) is 15.2 Å². The lowest BCUT2D eigenvalue weighted by Gasteiger charge is -2.39. The highest BCUT2D eigenvalue weighted by molar-refractivity contribution is 5.81. The first-order valence-electron chi connectivity index (χ1n) is 9.35. The summed E-state index contributed by atoms with van der Waals surface area (Å²) in [4.78, 5) is 30.6. The first kappa shape index (κ1) is 17.4. The molecule has 1 unspecified atom stereocenters. The largest absolute Gasteiger partial charge is 0.363 e. The molecule has 26 heavy (non-hydrogen) atoms. The molecule has 0 aromatic carbocycles. The third-order valence-electron chi connectivity index (χ3n) is 5.78. The topological polar surface area (TPSA) is 71.5 Å². The van der Waals surface area contributed by atoms with Gasteiger partial charge in [0.1, 0.15) is 12.3 Å². The van der Waals surface area contributed by atoms with E-state index < -0.39 is 12.3 Å². The lowest BCUT2D eigenvalue weighted by atomic mass is 9.81. The van der Waals surface area contributed by atoms with Gasteiger partial charge in [-0.2, -0.15) is 0 Å². The van der Waals surface area contributed by atoms with Crippen molar-refractivity contribution in [2.24, 2.45) is 11.8 Å². The van der Waals surface area contributed by atoms with Crippen molar-refractivity contribution < 1.29 is 18.7 Å². The van der Waals surface area contributed by atoms with Crippen LogP contribution in [0.5, 0.6) is 0 Å². The predicted octanol–water partition coefficient (Wildman–Crippen LogP) is 1.45. The predicted molar refractivity (Wildman–Crippen MR) is 91.7 cm³/mol. The van der Waals surface area contributed by atoms with Gasteiger partial charge in [-0.1, -0.05) is 6.07 Å². The molecule has 4 rings (SSSR count). The number of fused-ring (bicyclic) bond motifs is 1. The van der Waals surface area contributed by atoms with E-state index in [1.54, 1.807) is 17.3 Å². The van der Waals surface area contributed by atoms with Gasteiger partial charge in [-0.3, -0.25) is 14.6 Å². The standard InChI is InChI=1S/C19H24FN3O3/c20-15-6-14(7-15)19(25)23-5-3-13-8-16(26-17(13)11-23)18(24)22-10-12-2-1-4-21-9-12/h1-2,4,9,13-17H,3,5-8,10-11H2,(H,22,24)/t13-,14?,15?,16?,17-/m0/s1. The van der Waals surface area contributed by atoms with Crippen molar-refractivity contribution in [2.75, 3.05) is 13.1 Å². The number of alkyl halides is 1. The number of carbonyl (C=O) groups excluding carboxylic acids is 2. The van der Waals surface area contributed by atoms with E-state index in [9.17, 15) is 14.0 Å². The molecule has 1 saturated carbocycles. The Morgan fingerprint density at radius 3 is 2.92 bits per heavy atom. The summed E-state index contributed by atoms with van der Waals surface area (Å²) in [5.41, 5.74) is 0.944. The lowest BCUT2D eigenvalue weighted by molar-refractivity contribution is -0.145. The van der Waals surface area contributed by atoms with Crippen LogP contribution in [-0.2, 0) is 20.9 Å². The zero-order chi connectivity index (χ0) is 18.1. The second-order valence-corrected chi connectivity index (χ2v) is 7.58. The van der Waals surface area contributed by atoms with Crippen LogP contribution in [0.1, 0.15) is 31.2 Å². The molecule has 1 N–H and O–H groups in total. The van der Waals surface area contributed by atoms with Crippen molar-refractivity contribution in [3.05, 3.63) is 30.1 Å². The highest BCUT2D eigenvalue weighted by Crippen LogP contribution is 2.36. The number of ether oxygens (including phenoxy) is 1. The van der Waals surface area contributed by atoms with E-state index in [-0.39, 0.29) is 23.8 Å². The fraction of sp³-hybridized carbons (Fsp3) is 0.632. The number of carbonyl (C=O) groups is 2. The monoisotopic (exact) mass is 361 g/mol. The molecule has 1 aromatic heterocycles. The molecule has 3 aliphatic rings. The molecule has 3 atom stereocenters. The minimum absolute atomic E-state index is 0.0467. The molecule has 2 amide bonds. The maximum Gasteiger partial charge on any atom is 0.249 e. The van der Waals surface area contributed by atoms with Gasteiger partial charge in [-0.05, 0) is 43.2 Å². The van der Waals surface area contributed by atoms with Gasteiger partial charge in [-0.25, -0.2) is 4.39 Å². The average Bonchev–Trinajstić information content (AvgIpc) is 3.07. The van der Waals surface area contributed by atoms with Crippen molar-refractivity contribution in [2.45, 2.75) is 50.6 Å². The summed E-state index contributed by atoms with van der Waals surface area (Å²) in [5.74, 6) is 0.0795. The van der Waals surface area contributed by atoms with Crippen LogP contribution in [0.25, 0.3) is 0 Å². The Kier molecular flexibility index (Phi) is 4.89. The first-order valence-corrected chi connectivity index (χ1v) is 9.35. The van der Waals surface area contributed by atoms with Gasteiger partial charge in [0.25, 0.3) is 0 Å². The summed E-state index contributed by atoms with van der Waals surface area (Å²) in [6.07, 6.45) is 4.28. The number of aromatic nitrogens is 1. The Balaban J connectivity index is 1.27. The Morgan fingerprint density at radius 2 is 2.19 bits per heavy atom. The van der Waals surface area contributed by atoms with Crippen LogP contribution < -0.4 is 5.32 Å². The van der Waals surface area contributed by atoms with Crippen molar-refractivity contribution in [3.8, 4) is 0 Å². The lowest BCUT2D eigenvalue weighted by Crippen LogP contribution is -2.50. The van der Waals surface area contributed by atoms with E-state index in [0.29, 0.717) is 44.8 Å². The molecule has 2 aliphatic heterocycles. The van der Waals surface area contributed by atoms with Crippen LogP contribution in [0.4, 0.5) is 4.39 Å². The van der Waals surface area contributed by atoms with E-state index >= 15 is 0 Å². The van der Waals surface area contributed by atoms with Crippen LogP contribution in [0, 0.1) is 11.8 Å². The number of hydrogen-bond donors (Lipinski definition) is 1. The van der Waals surface area contributed by atoms with Crippen LogP contribution in [0.3, 0.4) is 0 Å². The van der Waals surface area contributed by atoms with Crippen molar-refractivity contribution in [3.63, 3.8) is 0 Å². The van der Waals surface area contributed by atoms with E-state index in [1.807, 2.05) is 12.1 Å². The SMILES string of the molecule is O=C(NCc1cccnc1)C1C[C@@H]2CCN(C(=O)C3CC(F)C3)C[C@@H]2O1. The molecule has 7 heteroatoms. The first-order chi connectivity index (χ1) is 12.6. The number of nitrogens with zero attached hydrogens (tertiary/aromatic N) is 2. The summed E-state index contributed by atoms with van der Waals surface area (Å²) in [6, 6.07) is 3.75. The number of halogens is 1. The van der Waals surface area contributed by atoms with E-state index in [4.69, 9.17) is 4.74 Å². The summed E-state index contributed by atoms with van der Waals surface area (Å²) >= 11 is 0. The molecular weight excluding hydrogens is 337 g/mol. The minimum atomic E-state index is -0.822. The Morgan fingerprint density at radius 1 is 1.35 bits per heavy atom. The second-order valence-electron chi connectivity index (χ2n) is 7.58. The number of piperidine rings is 1. The van der Waals surface area contributed by atoms with Crippen LogP contribution in [0.15, 0.2) is 24.5 Å². The molecular formula is C19H24FN3O3. The molecule has 0 bridgehead atoms. The smallest absolute Gasteiger partial charge is 0.249 e. The van der Waals surface area contributed by atoms with Crippen LogP contribution in [0.2, 0.25) is 0 Å². The highest BCUT2D eigenvalue weighted by Gasteiger charge is 2.45. The zero-order valence-electron chi connectivity index (χ0n) is 14.6. The maximum atomic E-state index is 13.0. The molecule has 6 nitrogen and oxygen atoms in total. The van der Waals surface area contributed by atoms with Gasteiger partial charge in [-0.15, -0.1) is 0 Å². The molecule has 140 valence electrons. The summed E-state index contributed by atoms with van der Waals surface area (Å²) in [5, 5.41) is 2.90. The summed E-state index contributed by atoms with van der Waals surface area (Å²) < 4.78 is 19.0. The summed E-state index contributed by atoms with van der Waals surface area (Å²) in [7, 11) is 0. The van der Waals surface area contributed by atoms with Gasteiger partial charge < -0.3 is 15.0 Å². The van der Waals surface area contributed by atoms with Gasteiger partial charge in [0.15, 0.2) is 0 Å². The Labute approximate surface area is 152 Å². The quantitative estimate of drug-likeness (QED) is 0.881. The van der Waals surface area contributed by atoms with Gasteiger partial charge in [0.05, 0.1) is 6.10 Å². The minimum Gasteiger partial charge on any atom is -0.363 e. The normalized spacial score (nSPS) is 33.3. The van der Waals surface area contributed by atoms with E-state index in [0.717, 1.165) is 12.0 Å². The fourth-order valence-corrected chi connectivity index (χ4v) is 4.11. The number of hydrogen-bond acceptors (Lipinski definition) is 4. The second kappa shape index (κ2) is 7.31. The number of rotatable bonds is 4. The molecule has 3 heterocycles. The maximum absolute atomic E-state index is 13.0. The molecule has 2 saturated heterocycles. The summed E-state index contributed by atoms with van der Waals surface area (Å²) in [6.45, 7) is 1.63. The third kappa shape index (κ3) is 3.58. The number of amides is 2. The van der Waals surface area contributed by atoms with Crippen molar-refractivity contribution in [1.29, 1.82) is 0 Å². The molecule has 1 aliphatic carbocycles. The number of pyridine rings is 1. The van der Waals surface area contributed by atoms with Gasteiger partial charge in [0, 0.05) is 37.9 Å². The third-order valence-corrected chi connectivity index (χ3v) is 5.78. The Bertz CT molecular complexity index is 665. The van der Waals surface area contributed by atoms with E-state index in [1.165, 1.54) is 0 Å². The average molecular weight is 361 g/mol. The number of likely N-dealkylation sites (tertiary alicyclic amines) is 1. The molecule has 3 fully saturated rings. The highest BCUT2D eigenvalue weighted by atomic mass is 19.1. The van der Waals surface area contributed by atoms with Crippen LogP contribution >= 0.6 is 0 Å². The van der Waals surface area contributed by atoms with Gasteiger partial charge in [0.2, 0.25) is 11.8 Å². The molecule has 1 aromatic rings. The van der Waals surface area contributed by atoms with Crippen molar-refractivity contribution >= 4 is 11.8 Å². The Hall–Kier alpha value is -2.02. The zero-order valence-corrected chi connectivity index (χ0v) is 14.6. The molecule has 0 spiro atoms. The van der Waals surface area contributed by atoms with E-state index in [2.05, 4.69) is 10.3 Å². The molecule has 0 radical (unpaired) electrons. The van der Waals surface area contributed by atoms with Crippen LogP contribution in [-0.4, -0.2) is 53.2 Å².